The molecule has 0 amide bonds. The molecule has 0 saturated heterocycles. The Labute approximate surface area is 144 Å². The molecule has 1 aromatic rings. The van der Waals surface area contributed by atoms with Crippen LogP contribution in [0.15, 0.2) is 18.5 Å². The summed E-state index contributed by atoms with van der Waals surface area (Å²) in [5.74, 6) is 0. The van der Waals surface area contributed by atoms with Crippen molar-refractivity contribution in [2.45, 2.75) is 53.0 Å². The van der Waals surface area contributed by atoms with Gasteiger partial charge in [-0.1, -0.05) is 26.7 Å². The van der Waals surface area contributed by atoms with Crippen molar-refractivity contribution in [3.63, 3.8) is 0 Å². The van der Waals surface area contributed by atoms with Crippen LogP contribution in [0.1, 0.15) is 50.7 Å². The number of nitro benzene ring substituents is 1. The number of rotatable bonds is 9. The number of nitrogens with one attached hydrogen (secondary N) is 2. The van der Waals surface area contributed by atoms with Crippen LogP contribution in [0.25, 0.3) is 0 Å². The van der Waals surface area contributed by atoms with Crippen LogP contribution in [0.5, 0.6) is 0 Å². The van der Waals surface area contributed by atoms with Crippen molar-refractivity contribution in [1.29, 1.82) is 0 Å². The first-order valence-electron chi connectivity index (χ1n) is 8.79. The van der Waals surface area contributed by atoms with E-state index in [1.54, 1.807) is 12.3 Å². The zero-order chi connectivity index (χ0) is 17.5. The summed E-state index contributed by atoms with van der Waals surface area (Å²) in [5.41, 5.74) is 3.68. The largest absolute Gasteiger partial charge is 0.358 e. The SMILES string of the molecule is CCCCN(CCCC)Cc1c(C)c([N+](=O)[O-])cc2c1NC=CN2. The maximum absolute atomic E-state index is 11.4. The minimum Gasteiger partial charge on any atom is -0.358 e. The summed E-state index contributed by atoms with van der Waals surface area (Å²) < 4.78 is 0. The molecule has 0 unspecified atom stereocenters. The third-order valence-corrected chi connectivity index (χ3v) is 4.47. The average Bonchev–Trinajstić information content (AvgIpc) is 2.58. The number of anilines is 2. The molecular formula is C18H28N4O2. The second kappa shape index (κ2) is 8.68. The van der Waals surface area contributed by atoms with Gasteiger partial charge >= 0.3 is 0 Å². The van der Waals surface area contributed by atoms with Crippen LogP contribution in [0.2, 0.25) is 0 Å². The molecule has 24 heavy (non-hydrogen) atoms. The van der Waals surface area contributed by atoms with Gasteiger partial charge in [0.1, 0.15) is 0 Å². The first kappa shape index (κ1) is 18.3. The Hall–Kier alpha value is -2.08. The number of benzene rings is 1. The average molecular weight is 332 g/mol. The molecule has 0 radical (unpaired) electrons. The van der Waals surface area contributed by atoms with Crippen LogP contribution >= 0.6 is 0 Å². The summed E-state index contributed by atoms with van der Waals surface area (Å²) in [6, 6.07) is 1.62. The van der Waals surface area contributed by atoms with Gasteiger partial charge in [0, 0.05) is 36.1 Å². The molecule has 0 saturated carbocycles. The summed E-state index contributed by atoms with van der Waals surface area (Å²) >= 11 is 0. The molecule has 0 fully saturated rings. The van der Waals surface area contributed by atoms with E-state index < -0.39 is 0 Å². The zero-order valence-corrected chi connectivity index (χ0v) is 14.9. The van der Waals surface area contributed by atoms with Gasteiger partial charge in [-0.25, -0.2) is 0 Å². The molecule has 0 bridgehead atoms. The van der Waals surface area contributed by atoms with Crippen molar-refractivity contribution in [1.82, 2.24) is 4.90 Å². The normalized spacial score (nSPS) is 12.7. The number of hydrogen-bond donors (Lipinski definition) is 2. The number of hydrogen-bond acceptors (Lipinski definition) is 5. The molecule has 1 aliphatic rings. The van der Waals surface area contributed by atoms with Gasteiger partial charge in [-0.15, -0.1) is 0 Å². The maximum Gasteiger partial charge on any atom is 0.274 e. The van der Waals surface area contributed by atoms with E-state index in [0.717, 1.165) is 67.8 Å². The van der Waals surface area contributed by atoms with Crippen molar-refractivity contribution < 1.29 is 4.92 Å². The van der Waals surface area contributed by atoms with Gasteiger partial charge < -0.3 is 10.6 Å². The highest BCUT2D eigenvalue weighted by atomic mass is 16.6. The lowest BCUT2D eigenvalue weighted by Gasteiger charge is -2.26. The maximum atomic E-state index is 11.4. The van der Waals surface area contributed by atoms with Gasteiger partial charge in [-0.05, 0) is 32.9 Å². The Balaban J connectivity index is 2.35. The molecule has 1 aromatic carbocycles. The standard InChI is InChI=1S/C18H28N4O2/c1-4-6-10-21(11-7-5-2)13-15-14(3)17(22(23)24)12-16-18(15)20-9-8-19-16/h8-9,12,19-20H,4-7,10-11,13H2,1-3H3. The summed E-state index contributed by atoms with van der Waals surface area (Å²) in [5, 5.41) is 17.8. The van der Waals surface area contributed by atoms with E-state index in [1.165, 1.54) is 0 Å². The van der Waals surface area contributed by atoms with Crippen molar-refractivity contribution in [3.8, 4) is 0 Å². The van der Waals surface area contributed by atoms with E-state index in [2.05, 4.69) is 29.4 Å². The molecule has 0 atom stereocenters. The van der Waals surface area contributed by atoms with Gasteiger partial charge in [0.2, 0.25) is 0 Å². The molecule has 0 aliphatic carbocycles. The van der Waals surface area contributed by atoms with Gasteiger partial charge in [0.25, 0.3) is 5.69 Å². The Morgan fingerprint density at radius 2 is 1.75 bits per heavy atom. The number of nitrogens with zero attached hydrogens (tertiary/aromatic N) is 2. The second-order valence-corrected chi connectivity index (χ2v) is 6.28. The third-order valence-electron chi connectivity index (χ3n) is 4.47. The monoisotopic (exact) mass is 332 g/mol. The smallest absolute Gasteiger partial charge is 0.274 e. The highest BCUT2D eigenvalue weighted by Gasteiger charge is 2.23. The molecule has 0 spiro atoms. The highest BCUT2D eigenvalue weighted by molar-refractivity contribution is 5.81. The molecule has 1 heterocycles. The highest BCUT2D eigenvalue weighted by Crippen LogP contribution is 2.38. The van der Waals surface area contributed by atoms with Gasteiger partial charge in [0.15, 0.2) is 0 Å². The van der Waals surface area contributed by atoms with Crippen molar-refractivity contribution in [3.05, 3.63) is 39.7 Å². The zero-order valence-electron chi connectivity index (χ0n) is 14.9. The fourth-order valence-corrected chi connectivity index (χ4v) is 3.00. The van der Waals surface area contributed by atoms with Gasteiger partial charge in [0.05, 0.1) is 16.3 Å². The van der Waals surface area contributed by atoms with Gasteiger partial charge in [-0.3, -0.25) is 15.0 Å². The summed E-state index contributed by atoms with van der Waals surface area (Å²) in [7, 11) is 0. The van der Waals surface area contributed by atoms with Crippen LogP contribution in [0.3, 0.4) is 0 Å². The molecular weight excluding hydrogens is 304 g/mol. The van der Waals surface area contributed by atoms with Crippen LogP contribution < -0.4 is 10.6 Å². The Morgan fingerprint density at radius 1 is 1.12 bits per heavy atom. The minimum atomic E-state index is -0.290. The molecule has 0 aromatic heterocycles. The van der Waals surface area contributed by atoms with E-state index >= 15 is 0 Å². The van der Waals surface area contributed by atoms with Crippen LogP contribution in [-0.2, 0) is 6.54 Å². The first-order chi connectivity index (χ1) is 11.6. The van der Waals surface area contributed by atoms with E-state index in [0.29, 0.717) is 0 Å². The van der Waals surface area contributed by atoms with Crippen LogP contribution in [0.4, 0.5) is 17.1 Å². The lowest BCUT2D eigenvalue weighted by molar-refractivity contribution is -0.385. The lowest BCUT2D eigenvalue weighted by Crippen LogP contribution is -2.27. The number of nitro groups is 1. The first-order valence-corrected chi connectivity index (χ1v) is 8.79. The fraction of sp³-hybridized carbons (Fsp3) is 0.556. The van der Waals surface area contributed by atoms with Crippen LogP contribution in [-0.4, -0.2) is 22.9 Å². The Kier molecular flexibility index (Phi) is 6.61. The summed E-state index contributed by atoms with van der Waals surface area (Å²) in [4.78, 5) is 13.5. The second-order valence-electron chi connectivity index (χ2n) is 6.28. The molecule has 6 heteroatoms. The number of unbranched alkanes of at least 4 members (excludes halogenated alkanes) is 2. The molecule has 2 rings (SSSR count). The van der Waals surface area contributed by atoms with E-state index in [-0.39, 0.29) is 10.6 Å². The Morgan fingerprint density at radius 3 is 2.33 bits per heavy atom. The van der Waals surface area contributed by atoms with Crippen molar-refractivity contribution in [2.75, 3.05) is 23.7 Å². The lowest BCUT2D eigenvalue weighted by atomic mass is 10.0. The Bertz CT molecular complexity index is 606. The van der Waals surface area contributed by atoms with Crippen LogP contribution in [0, 0.1) is 17.0 Å². The molecule has 6 nitrogen and oxygen atoms in total. The quantitative estimate of drug-likeness (QED) is 0.510. The third kappa shape index (κ3) is 4.26. The summed E-state index contributed by atoms with van der Waals surface area (Å²) in [6.45, 7) is 9.01. The predicted octanol–water partition coefficient (Wildman–Crippen LogP) is 4.61. The van der Waals surface area contributed by atoms with Crippen molar-refractivity contribution in [2.24, 2.45) is 0 Å². The van der Waals surface area contributed by atoms with E-state index in [4.69, 9.17) is 0 Å². The summed E-state index contributed by atoms with van der Waals surface area (Å²) in [6.07, 6.45) is 8.18. The van der Waals surface area contributed by atoms with Gasteiger partial charge in [-0.2, -0.15) is 0 Å². The molecule has 1 aliphatic heterocycles. The van der Waals surface area contributed by atoms with E-state index in [1.807, 2.05) is 13.1 Å². The molecule has 2 N–H and O–H groups in total. The molecule has 132 valence electrons. The topological polar surface area (TPSA) is 70.4 Å². The van der Waals surface area contributed by atoms with E-state index in [9.17, 15) is 10.1 Å². The number of fused-ring (bicyclic) bond motifs is 1. The van der Waals surface area contributed by atoms with Crippen molar-refractivity contribution >= 4 is 17.1 Å². The predicted molar refractivity (Wildman–Crippen MR) is 99.3 cm³/mol. The minimum absolute atomic E-state index is 0.180. The fourth-order valence-electron chi connectivity index (χ4n) is 3.00.